The Balaban J connectivity index is 1.56. The number of anilines is 1. The van der Waals surface area contributed by atoms with Gasteiger partial charge < -0.3 is 11.2 Å². The molecule has 0 spiro atoms. The molecule has 3 heterocycles. The van der Waals surface area contributed by atoms with E-state index in [4.69, 9.17) is 5.73 Å². The number of primary amides is 1. The second kappa shape index (κ2) is 6.48. The van der Waals surface area contributed by atoms with Crippen molar-refractivity contribution >= 4 is 17.9 Å². The lowest BCUT2D eigenvalue weighted by atomic mass is 10.1. The van der Waals surface area contributed by atoms with Crippen molar-refractivity contribution in [1.29, 1.82) is 0 Å². The van der Waals surface area contributed by atoms with Gasteiger partial charge in [-0.25, -0.2) is 14.4 Å². The van der Waals surface area contributed by atoms with E-state index in [9.17, 15) is 9.18 Å². The van der Waals surface area contributed by atoms with Crippen LogP contribution in [0, 0.1) is 5.82 Å². The van der Waals surface area contributed by atoms with E-state index >= 15 is 0 Å². The number of halogens is 1. The number of hydrogen-bond donors (Lipinski definition) is 3. The van der Waals surface area contributed by atoms with Crippen molar-refractivity contribution in [2.75, 3.05) is 5.43 Å². The third kappa shape index (κ3) is 3.32. The summed E-state index contributed by atoms with van der Waals surface area (Å²) in [5.41, 5.74) is 14.6. The number of fused-ring (bicyclic) bond motifs is 1. The molecule has 2 aliphatic heterocycles. The van der Waals surface area contributed by atoms with Crippen LogP contribution in [0.1, 0.15) is 15.9 Å². The van der Waals surface area contributed by atoms with E-state index in [1.807, 2.05) is 19.4 Å². The van der Waals surface area contributed by atoms with Crippen LogP contribution in [-0.2, 0) is 13.6 Å². The molecule has 27 heavy (non-hydrogen) atoms. The molecule has 138 valence electrons. The standard InChI is InChI=1S/C17H17FN8O/c1-24-8-13(5-21-24)23-25-9-16-15(20-10-25)6-22-26(16)7-11-4-12(18)2-3-14(11)17(19)27/h2-6,8-10,22-23H,7H2,1H3,(H2,19,27). The second-order valence-electron chi connectivity index (χ2n) is 6.09. The maximum absolute atomic E-state index is 13.7. The average Bonchev–Trinajstić information content (AvgIpc) is 3.21. The van der Waals surface area contributed by atoms with Crippen LogP contribution < -0.4 is 16.6 Å². The molecular weight excluding hydrogens is 351 g/mol. The minimum absolute atomic E-state index is 0.234. The van der Waals surface area contributed by atoms with Crippen molar-refractivity contribution in [3.63, 3.8) is 0 Å². The van der Waals surface area contributed by atoms with E-state index in [-0.39, 0.29) is 12.1 Å². The second-order valence-corrected chi connectivity index (χ2v) is 6.09. The fourth-order valence-corrected chi connectivity index (χ4v) is 2.87. The van der Waals surface area contributed by atoms with Crippen LogP contribution >= 0.6 is 0 Å². The molecule has 0 aliphatic carbocycles. The minimum Gasteiger partial charge on any atom is -0.366 e. The number of carbonyl (C=O) groups is 1. The van der Waals surface area contributed by atoms with Crippen molar-refractivity contribution in [3.05, 3.63) is 71.3 Å². The predicted octanol–water partition coefficient (Wildman–Crippen LogP) is 1.03. The average molecular weight is 368 g/mol. The zero-order chi connectivity index (χ0) is 19.0. The molecule has 10 heteroatoms. The van der Waals surface area contributed by atoms with Gasteiger partial charge in [-0.15, -0.1) is 0 Å². The van der Waals surface area contributed by atoms with E-state index in [2.05, 4.69) is 20.9 Å². The molecule has 1 aromatic carbocycles. The largest absolute Gasteiger partial charge is 0.366 e. The molecule has 0 fully saturated rings. The molecular formula is C17H17FN8O. The Morgan fingerprint density at radius 3 is 3.00 bits per heavy atom. The molecule has 0 atom stereocenters. The normalized spacial score (nSPS) is 15.2. The van der Waals surface area contributed by atoms with Gasteiger partial charge in [0.15, 0.2) is 0 Å². The Labute approximate surface area is 154 Å². The maximum atomic E-state index is 13.7. The van der Waals surface area contributed by atoms with Gasteiger partial charge in [0.05, 0.1) is 24.6 Å². The van der Waals surface area contributed by atoms with Crippen molar-refractivity contribution < 1.29 is 9.18 Å². The number of nitrogens with two attached hydrogens (primary N) is 1. The smallest absolute Gasteiger partial charge is 0.249 e. The lowest BCUT2D eigenvalue weighted by Gasteiger charge is -2.26. The fourth-order valence-electron chi connectivity index (χ4n) is 2.87. The molecule has 0 radical (unpaired) electrons. The molecule has 1 aromatic heterocycles. The zero-order valence-corrected chi connectivity index (χ0v) is 14.4. The molecule has 2 aromatic rings. The lowest BCUT2D eigenvalue weighted by molar-refractivity contribution is 0.0998. The van der Waals surface area contributed by atoms with Gasteiger partial charge >= 0.3 is 0 Å². The first kappa shape index (κ1) is 16.6. The number of carbonyl (C=O) groups excluding carboxylic acids is 1. The summed E-state index contributed by atoms with van der Waals surface area (Å²) in [7, 11) is 1.83. The van der Waals surface area contributed by atoms with E-state index in [1.54, 1.807) is 33.4 Å². The highest BCUT2D eigenvalue weighted by atomic mass is 19.1. The molecule has 0 unspecified atom stereocenters. The van der Waals surface area contributed by atoms with E-state index in [0.717, 1.165) is 17.1 Å². The van der Waals surface area contributed by atoms with Gasteiger partial charge in [-0.1, -0.05) is 0 Å². The number of nitrogens with zero attached hydrogens (tertiary/aromatic N) is 5. The molecule has 1 amide bonds. The van der Waals surface area contributed by atoms with Crippen LogP contribution in [0.4, 0.5) is 10.1 Å². The summed E-state index contributed by atoms with van der Waals surface area (Å²) in [5.74, 6) is -1.04. The third-order valence-electron chi connectivity index (χ3n) is 4.12. The van der Waals surface area contributed by atoms with Crippen LogP contribution in [0.5, 0.6) is 0 Å². The van der Waals surface area contributed by atoms with Crippen LogP contribution in [0.2, 0.25) is 0 Å². The topological polar surface area (TPSA) is 104 Å². The van der Waals surface area contributed by atoms with Crippen LogP contribution in [0.3, 0.4) is 0 Å². The summed E-state index contributed by atoms with van der Waals surface area (Å²) >= 11 is 0. The highest BCUT2D eigenvalue weighted by Gasteiger charge is 2.25. The zero-order valence-electron chi connectivity index (χ0n) is 14.4. The van der Waals surface area contributed by atoms with Gasteiger partial charge in [-0.2, -0.15) is 5.10 Å². The van der Waals surface area contributed by atoms with Crippen LogP contribution in [-0.4, -0.2) is 32.0 Å². The van der Waals surface area contributed by atoms with Gasteiger partial charge in [-0.05, 0) is 23.8 Å². The first-order valence-electron chi connectivity index (χ1n) is 8.12. The summed E-state index contributed by atoms with van der Waals surface area (Å²) in [4.78, 5) is 16.0. The third-order valence-corrected chi connectivity index (χ3v) is 4.12. The van der Waals surface area contributed by atoms with Crippen molar-refractivity contribution in [2.24, 2.45) is 17.8 Å². The molecule has 2 aliphatic rings. The quantitative estimate of drug-likeness (QED) is 0.728. The Morgan fingerprint density at radius 2 is 2.26 bits per heavy atom. The molecule has 4 N–H and O–H groups in total. The molecule has 0 saturated carbocycles. The molecule has 4 rings (SSSR count). The Kier molecular flexibility index (Phi) is 3.99. The van der Waals surface area contributed by atoms with Gasteiger partial charge in [0.2, 0.25) is 5.91 Å². The minimum atomic E-state index is -0.604. The summed E-state index contributed by atoms with van der Waals surface area (Å²) in [6, 6.07) is 3.91. The van der Waals surface area contributed by atoms with Gasteiger partial charge in [-0.3, -0.25) is 19.9 Å². The first-order valence-corrected chi connectivity index (χ1v) is 8.12. The highest BCUT2D eigenvalue weighted by molar-refractivity contribution is 5.94. The van der Waals surface area contributed by atoms with E-state index < -0.39 is 11.7 Å². The number of hydrazine groups is 2. The van der Waals surface area contributed by atoms with E-state index in [1.165, 1.54) is 18.2 Å². The number of rotatable bonds is 5. The lowest BCUT2D eigenvalue weighted by Crippen LogP contribution is -2.33. The van der Waals surface area contributed by atoms with Crippen LogP contribution in [0.15, 0.2) is 59.4 Å². The summed E-state index contributed by atoms with van der Waals surface area (Å²) in [6.45, 7) is 0.234. The number of benzene rings is 1. The number of hydrogen-bond acceptors (Lipinski definition) is 7. The van der Waals surface area contributed by atoms with Crippen molar-refractivity contribution in [2.45, 2.75) is 6.54 Å². The van der Waals surface area contributed by atoms with Crippen molar-refractivity contribution in [1.82, 2.24) is 25.2 Å². The maximum Gasteiger partial charge on any atom is 0.249 e. The van der Waals surface area contributed by atoms with Crippen molar-refractivity contribution in [3.8, 4) is 0 Å². The number of nitrogens with one attached hydrogen (secondary N) is 2. The summed E-state index contributed by atoms with van der Waals surface area (Å²) in [6.07, 6.45) is 8.70. The Hall–Kier alpha value is -3.82. The van der Waals surface area contributed by atoms with Gasteiger partial charge in [0.1, 0.15) is 23.5 Å². The number of aromatic nitrogens is 2. The summed E-state index contributed by atoms with van der Waals surface area (Å²) < 4.78 is 15.3. The number of amides is 1. The highest BCUT2D eigenvalue weighted by Crippen LogP contribution is 2.26. The Bertz CT molecular complexity index is 993. The SMILES string of the molecule is Cn1cc(NN2C=NC3=CNN(Cc4cc(F)ccc4C(N)=O)C3=C2)cn1. The summed E-state index contributed by atoms with van der Waals surface area (Å²) in [5, 5.41) is 7.54. The molecule has 9 nitrogen and oxygen atoms in total. The van der Waals surface area contributed by atoms with Crippen LogP contribution in [0.25, 0.3) is 0 Å². The van der Waals surface area contributed by atoms with E-state index in [0.29, 0.717) is 5.56 Å². The first-order chi connectivity index (χ1) is 13.0. The predicted molar refractivity (Wildman–Crippen MR) is 96.9 cm³/mol. The molecule has 0 bridgehead atoms. The number of aliphatic imine (C=N–C) groups is 1. The Morgan fingerprint density at radius 1 is 1.41 bits per heavy atom. The molecule has 0 saturated heterocycles. The van der Waals surface area contributed by atoms with Gasteiger partial charge in [0, 0.05) is 25.0 Å². The fraction of sp³-hybridized carbons (Fsp3) is 0.118. The van der Waals surface area contributed by atoms with Gasteiger partial charge in [0.25, 0.3) is 0 Å². The monoisotopic (exact) mass is 368 g/mol. The number of aryl methyl sites for hydroxylation is 1.